The molecule has 2 aromatic carbocycles. The largest absolute Gasteiger partial charge is 0.399 e. The van der Waals surface area contributed by atoms with Gasteiger partial charge in [-0.15, -0.1) is 0 Å². The summed E-state index contributed by atoms with van der Waals surface area (Å²) in [6.45, 7) is 2.66. The number of anilines is 5. The molecule has 0 saturated heterocycles. The third-order valence-electron chi connectivity index (χ3n) is 4.17. The summed E-state index contributed by atoms with van der Waals surface area (Å²) in [7, 11) is 0. The standard InChI is InChI=1S/C21H23N7O2/c1-2-11-24-19-17(20(30)26-15-9-5-14(22)6-10-15)12-25-21(28-19)27-16-7-3-13(4-8-16)18(23)29/h3-10,12H,2,11,22H2,1H3,(H2,23,29)(H,26,30)(H2,24,25,27,28). The van der Waals surface area contributed by atoms with E-state index in [1.165, 1.54) is 6.20 Å². The van der Waals surface area contributed by atoms with Gasteiger partial charge in [-0.1, -0.05) is 6.92 Å². The van der Waals surface area contributed by atoms with Gasteiger partial charge in [-0.05, 0) is 55.0 Å². The van der Waals surface area contributed by atoms with E-state index >= 15 is 0 Å². The molecule has 1 aromatic heterocycles. The molecule has 0 fully saturated rings. The number of amides is 2. The molecular weight excluding hydrogens is 382 g/mol. The number of benzene rings is 2. The van der Waals surface area contributed by atoms with Gasteiger partial charge in [0.1, 0.15) is 11.4 Å². The van der Waals surface area contributed by atoms with Gasteiger partial charge in [0, 0.05) is 35.4 Å². The summed E-state index contributed by atoms with van der Waals surface area (Å²) in [5, 5.41) is 9.01. The number of hydrogen-bond donors (Lipinski definition) is 5. The van der Waals surface area contributed by atoms with Crippen molar-refractivity contribution in [2.75, 3.05) is 28.2 Å². The summed E-state index contributed by atoms with van der Waals surface area (Å²) in [4.78, 5) is 32.6. The zero-order chi connectivity index (χ0) is 21.5. The Labute approximate surface area is 173 Å². The van der Waals surface area contributed by atoms with Gasteiger partial charge in [-0.25, -0.2) is 4.98 Å². The first-order valence-electron chi connectivity index (χ1n) is 9.41. The van der Waals surface area contributed by atoms with Crippen LogP contribution in [0.15, 0.2) is 54.7 Å². The molecular formula is C21H23N7O2. The third kappa shape index (κ3) is 5.22. The Bertz CT molecular complexity index is 1030. The highest BCUT2D eigenvalue weighted by Crippen LogP contribution is 2.20. The molecule has 0 aliphatic rings. The van der Waals surface area contributed by atoms with Crippen LogP contribution in [-0.4, -0.2) is 28.3 Å². The Balaban J connectivity index is 1.80. The maximum absolute atomic E-state index is 12.7. The van der Waals surface area contributed by atoms with E-state index in [0.29, 0.717) is 46.5 Å². The predicted octanol–water partition coefficient (Wildman–Crippen LogP) is 2.98. The highest BCUT2D eigenvalue weighted by atomic mass is 16.2. The van der Waals surface area contributed by atoms with Crippen molar-refractivity contribution in [1.82, 2.24) is 9.97 Å². The molecule has 1 heterocycles. The summed E-state index contributed by atoms with van der Waals surface area (Å²) in [5.41, 5.74) is 13.6. The van der Waals surface area contributed by atoms with Crippen LogP contribution in [0.3, 0.4) is 0 Å². The van der Waals surface area contributed by atoms with E-state index in [2.05, 4.69) is 25.9 Å². The molecule has 3 aromatic rings. The molecule has 0 saturated carbocycles. The fourth-order valence-electron chi connectivity index (χ4n) is 2.60. The number of nitrogen functional groups attached to an aromatic ring is 1. The smallest absolute Gasteiger partial charge is 0.260 e. The number of carbonyl (C=O) groups excluding carboxylic acids is 2. The highest BCUT2D eigenvalue weighted by Gasteiger charge is 2.15. The highest BCUT2D eigenvalue weighted by molar-refractivity contribution is 6.07. The fourth-order valence-corrected chi connectivity index (χ4v) is 2.60. The van der Waals surface area contributed by atoms with E-state index in [0.717, 1.165) is 6.42 Å². The van der Waals surface area contributed by atoms with Crippen molar-refractivity contribution in [1.29, 1.82) is 0 Å². The number of primary amides is 1. The minimum absolute atomic E-state index is 0.310. The fraction of sp³-hybridized carbons (Fsp3) is 0.143. The van der Waals surface area contributed by atoms with Gasteiger partial charge < -0.3 is 27.4 Å². The first-order chi connectivity index (χ1) is 14.5. The van der Waals surface area contributed by atoms with Crippen LogP contribution >= 0.6 is 0 Å². The minimum Gasteiger partial charge on any atom is -0.399 e. The van der Waals surface area contributed by atoms with E-state index in [-0.39, 0.29) is 5.91 Å². The molecule has 0 spiro atoms. The second-order valence-electron chi connectivity index (χ2n) is 6.53. The lowest BCUT2D eigenvalue weighted by Crippen LogP contribution is -2.17. The molecule has 154 valence electrons. The number of carbonyl (C=O) groups is 2. The lowest BCUT2D eigenvalue weighted by atomic mass is 10.2. The average Bonchev–Trinajstić information content (AvgIpc) is 2.74. The summed E-state index contributed by atoms with van der Waals surface area (Å²) < 4.78 is 0. The average molecular weight is 405 g/mol. The van der Waals surface area contributed by atoms with Crippen LogP contribution in [0.5, 0.6) is 0 Å². The predicted molar refractivity (Wildman–Crippen MR) is 118 cm³/mol. The summed E-state index contributed by atoms with van der Waals surface area (Å²) in [6.07, 6.45) is 2.32. The van der Waals surface area contributed by atoms with Crippen molar-refractivity contribution >= 4 is 40.6 Å². The molecule has 0 aliphatic heterocycles. The molecule has 0 atom stereocenters. The SMILES string of the molecule is CCCNc1nc(Nc2ccc(C(N)=O)cc2)ncc1C(=O)Nc1ccc(N)cc1. The lowest BCUT2D eigenvalue weighted by Gasteiger charge is -2.13. The number of nitrogens with two attached hydrogens (primary N) is 2. The van der Waals surface area contributed by atoms with Crippen LogP contribution < -0.4 is 27.4 Å². The number of rotatable bonds is 8. The Morgan fingerprint density at radius 2 is 1.67 bits per heavy atom. The summed E-state index contributed by atoms with van der Waals surface area (Å²) >= 11 is 0. The second-order valence-corrected chi connectivity index (χ2v) is 6.53. The quantitative estimate of drug-likeness (QED) is 0.362. The summed E-state index contributed by atoms with van der Waals surface area (Å²) in [6, 6.07) is 13.5. The maximum Gasteiger partial charge on any atom is 0.260 e. The van der Waals surface area contributed by atoms with Gasteiger partial charge in [-0.3, -0.25) is 9.59 Å². The Hall–Kier alpha value is -4.14. The molecule has 9 nitrogen and oxygen atoms in total. The minimum atomic E-state index is -0.500. The topological polar surface area (TPSA) is 148 Å². The van der Waals surface area contributed by atoms with Crippen molar-refractivity contribution in [3.63, 3.8) is 0 Å². The zero-order valence-corrected chi connectivity index (χ0v) is 16.5. The molecule has 7 N–H and O–H groups in total. The molecule has 3 rings (SSSR count). The van der Waals surface area contributed by atoms with Crippen molar-refractivity contribution in [3.8, 4) is 0 Å². The van der Waals surface area contributed by atoms with Crippen LogP contribution in [0.4, 0.5) is 28.8 Å². The van der Waals surface area contributed by atoms with Gasteiger partial charge in [0.25, 0.3) is 5.91 Å². The van der Waals surface area contributed by atoms with Gasteiger partial charge >= 0.3 is 0 Å². The Morgan fingerprint density at radius 3 is 2.30 bits per heavy atom. The third-order valence-corrected chi connectivity index (χ3v) is 4.17. The van der Waals surface area contributed by atoms with Gasteiger partial charge in [0.2, 0.25) is 11.9 Å². The van der Waals surface area contributed by atoms with Crippen LogP contribution in [-0.2, 0) is 0 Å². The first kappa shape index (κ1) is 20.6. The van der Waals surface area contributed by atoms with Crippen molar-refractivity contribution in [2.45, 2.75) is 13.3 Å². The Morgan fingerprint density at radius 1 is 1.00 bits per heavy atom. The van der Waals surface area contributed by atoms with E-state index in [9.17, 15) is 9.59 Å². The first-order valence-corrected chi connectivity index (χ1v) is 9.41. The molecule has 2 amide bonds. The number of nitrogens with zero attached hydrogens (tertiary/aromatic N) is 2. The van der Waals surface area contributed by atoms with Crippen LogP contribution in [0.2, 0.25) is 0 Å². The molecule has 0 radical (unpaired) electrons. The number of aromatic nitrogens is 2. The van der Waals surface area contributed by atoms with E-state index in [4.69, 9.17) is 11.5 Å². The van der Waals surface area contributed by atoms with Crippen LogP contribution in [0.25, 0.3) is 0 Å². The molecule has 0 unspecified atom stereocenters. The molecule has 0 aliphatic carbocycles. The normalized spacial score (nSPS) is 10.3. The monoisotopic (exact) mass is 405 g/mol. The van der Waals surface area contributed by atoms with Gasteiger partial charge in [-0.2, -0.15) is 4.98 Å². The van der Waals surface area contributed by atoms with E-state index in [1.807, 2.05) is 6.92 Å². The maximum atomic E-state index is 12.7. The second kappa shape index (κ2) is 9.37. The number of nitrogens with one attached hydrogen (secondary N) is 3. The van der Waals surface area contributed by atoms with Crippen molar-refractivity contribution in [3.05, 3.63) is 65.9 Å². The van der Waals surface area contributed by atoms with E-state index < -0.39 is 5.91 Å². The van der Waals surface area contributed by atoms with E-state index in [1.54, 1.807) is 48.5 Å². The van der Waals surface area contributed by atoms with Crippen LogP contribution in [0, 0.1) is 0 Å². The Kier molecular flexibility index (Phi) is 6.43. The van der Waals surface area contributed by atoms with Crippen LogP contribution in [0.1, 0.15) is 34.1 Å². The van der Waals surface area contributed by atoms with Gasteiger partial charge in [0.15, 0.2) is 0 Å². The summed E-state index contributed by atoms with van der Waals surface area (Å²) in [5.74, 6) is -0.114. The zero-order valence-electron chi connectivity index (χ0n) is 16.5. The number of hydrogen-bond acceptors (Lipinski definition) is 7. The van der Waals surface area contributed by atoms with Crippen molar-refractivity contribution < 1.29 is 9.59 Å². The molecule has 9 heteroatoms. The molecule has 0 bridgehead atoms. The lowest BCUT2D eigenvalue weighted by molar-refractivity contribution is 0.0997. The molecule has 30 heavy (non-hydrogen) atoms. The van der Waals surface area contributed by atoms with Gasteiger partial charge in [0.05, 0.1) is 0 Å². The van der Waals surface area contributed by atoms with Crippen molar-refractivity contribution in [2.24, 2.45) is 5.73 Å².